The smallest absolute Gasteiger partial charge is 0.254 e. The number of fused-ring (bicyclic) bond motifs is 2. The maximum Gasteiger partial charge on any atom is 0.254 e. The maximum atomic E-state index is 12.3. The van der Waals surface area contributed by atoms with Gasteiger partial charge < -0.3 is 9.72 Å². The Labute approximate surface area is 117 Å². The fraction of sp³-hybridized carbons (Fsp3) is 0.375. The van der Waals surface area contributed by atoms with Crippen LogP contribution in [0.5, 0.6) is 5.75 Å². The molecular formula is C16H18N2O2. The first-order chi connectivity index (χ1) is 9.45. The van der Waals surface area contributed by atoms with Crippen LogP contribution in [0.15, 0.2) is 29.1 Å². The van der Waals surface area contributed by atoms with Crippen LogP contribution in [0.4, 0.5) is 0 Å². The summed E-state index contributed by atoms with van der Waals surface area (Å²) in [5.41, 5.74) is 2.24. The topological polar surface area (TPSA) is 55.0 Å². The first kappa shape index (κ1) is 12.9. The van der Waals surface area contributed by atoms with Gasteiger partial charge in [0.05, 0.1) is 5.69 Å². The van der Waals surface area contributed by atoms with Crippen molar-refractivity contribution in [3.05, 3.63) is 57.3 Å². The van der Waals surface area contributed by atoms with Gasteiger partial charge in [-0.2, -0.15) is 0 Å². The molecule has 0 atom stereocenters. The van der Waals surface area contributed by atoms with Crippen LogP contribution in [0.2, 0.25) is 0 Å². The van der Waals surface area contributed by atoms with Gasteiger partial charge in [-0.25, -0.2) is 4.98 Å². The second kappa shape index (κ2) is 4.47. The summed E-state index contributed by atoms with van der Waals surface area (Å²) in [6, 6.07) is 7.81. The van der Waals surface area contributed by atoms with Gasteiger partial charge in [-0.3, -0.25) is 4.79 Å². The van der Waals surface area contributed by atoms with Gasteiger partial charge in [-0.1, -0.05) is 39.0 Å². The molecule has 1 N–H and O–H groups in total. The van der Waals surface area contributed by atoms with Crippen LogP contribution in [-0.2, 0) is 18.4 Å². The first-order valence-corrected chi connectivity index (χ1v) is 6.78. The predicted octanol–water partition coefficient (Wildman–Crippen LogP) is 2.55. The number of ether oxygens (including phenoxy) is 1. The minimum atomic E-state index is -0.187. The van der Waals surface area contributed by atoms with Gasteiger partial charge in [0.2, 0.25) is 0 Å². The van der Waals surface area contributed by atoms with E-state index in [2.05, 4.69) is 9.97 Å². The Kier molecular flexibility index (Phi) is 2.89. The van der Waals surface area contributed by atoms with Crippen LogP contribution in [0.1, 0.15) is 43.4 Å². The number of H-pyrrole nitrogens is 1. The standard InChI is InChI=1S/C16H18N2O2/c1-16(2,3)15-17-12-9-20-13-7-5-4-6-10(13)8-11(12)14(19)18-15/h4-7H,8-9H2,1-3H3,(H,17,18,19). The third-order valence-electron chi connectivity index (χ3n) is 3.52. The highest BCUT2D eigenvalue weighted by Crippen LogP contribution is 2.26. The van der Waals surface area contributed by atoms with Gasteiger partial charge in [0, 0.05) is 17.4 Å². The average Bonchev–Trinajstić information content (AvgIpc) is 2.57. The Morgan fingerprint density at radius 3 is 2.75 bits per heavy atom. The second-order valence-corrected chi connectivity index (χ2v) is 6.16. The zero-order chi connectivity index (χ0) is 14.3. The Bertz CT molecular complexity index is 711. The van der Waals surface area contributed by atoms with E-state index in [0.717, 1.165) is 17.0 Å². The van der Waals surface area contributed by atoms with Gasteiger partial charge in [-0.05, 0) is 11.6 Å². The van der Waals surface area contributed by atoms with E-state index in [-0.39, 0.29) is 11.0 Å². The lowest BCUT2D eigenvalue weighted by Crippen LogP contribution is -2.26. The van der Waals surface area contributed by atoms with Crippen molar-refractivity contribution in [3.63, 3.8) is 0 Å². The van der Waals surface area contributed by atoms with Gasteiger partial charge >= 0.3 is 0 Å². The zero-order valence-corrected chi connectivity index (χ0v) is 12.0. The Morgan fingerprint density at radius 1 is 1.25 bits per heavy atom. The minimum absolute atomic E-state index is 0.0553. The summed E-state index contributed by atoms with van der Waals surface area (Å²) in [7, 11) is 0. The molecule has 4 heteroatoms. The van der Waals surface area contributed by atoms with E-state index in [1.807, 2.05) is 45.0 Å². The molecule has 3 rings (SSSR count). The molecule has 20 heavy (non-hydrogen) atoms. The summed E-state index contributed by atoms with van der Waals surface area (Å²) in [4.78, 5) is 19.9. The Morgan fingerprint density at radius 2 is 2.00 bits per heavy atom. The number of rotatable bonds is 0. The lowest BCUT2D eigenvalue weighted by molar-refractivity contribution is 0.300. The number of para-hydroxylation sites is 1. The van der Waals surface area contributed by atoms with E-state index in [9.17, 15) is 4.79 Å². The molecule has 0 saturated heterocycles. The molecule has 1 aromatic carbocycles. The molecule has 0 fully saturated rings. The van der Waals surface area contributed by atoms with Crippen molar-refractivity contribution in [2.75, 3.05) is 0 Å². The number of benzene rings is 1. The molecule has 0 saturated carbocycles. The quantitative estimate of drug-likeness (QED) is 0.800. The summed E-state index contributed by atoms with van der Waals surface area (Å²) in [6.45, 7) is 6.44. The number of nitrogens with one attached hydrogen (secondary N) is 1. The molecule has 1 aliphatic rings. The first-order valence-electron chi connectivity index (χ1n) is 6.78. The van der Waals surface area contributed by atoms with Crippen molar-refractivity contribution in [2.45, 2.75) is 39.2 Å². The summed E-state index contributed by atoms with van der Waals surface area (Å²) < 4.78 is 5.78. The summed E-state index contributed by atoms with van der Waals surface area (Å²) in [5, 5.41) is 0. The largest absolute Gasteiger partial charge is 0.487 e. The number of nitrogens with zero attached hydrogens (tertiary/aromatic N) is 1. The average molecular weight is 270 g/mol. The van der Waals surface area contributed by atoms with Crippen LogP contribution in [-0.4, -0.2) is 9.97 Å². The molecule has 0 unspecified atom stereocenters. The van der Waals surface area contributed by atoms with Crippen LogP contribution < -0.4 is 10.3 Å². The number of hydrogen-bond donors (Lipinski definition) is 1. The molecule has 4 nitrogen and oxygen atoms in total. The summed E-state index contributed by atoms with van der Waals surface area (Å²) >= 11 is 0. The van der Waals surface area contributed by atoms with E-state index in [1.54, 1.807) is 0 Å². The fourth-order valence-corrected chi connectivity index (χ4v) is 2.33. The third kappa shape index (κ3) is 2.22. The molecule has 2 aromatic rings. The molecular weight excluding hydrogens is 252 g/mol. The van der Waals surface area contributed by atoms with Crippen LogP contribution >= 0.6 is 0 Å². The van der Waals surface area contributed by atoms with Crippen molar-refractivity contribution in [3.8, 4) is 5.75 Å². The van der Waals surface area contributed by atoms with E-state index in [4.69, 9.17) is 4.74 Å². The molecule has 0 spiro atoms. The monoisotopic (exact) mass is 270 g/mol. The molecule has 0 aliphatic carbocycles. The number of aromatic amines is 1. The minimum Gasteiger partial charge on any atom is -0.487 e. The van der Waals surface area contributed by atoms with Crippen molar-refractivity contribution in [1.82, 2.24) is 9.97 Å². The SMILES string of the molecule is CC(C)(C)c1nc2c(c(=O)[nH]1)Cc1ccccc1OC2. The van der Waals surface area contributed by atoms with E-state index in [1.165, 1.54) is 0 Å². The molecule has 0 bridgehead atoms. The molecule has 0 amide bonds. The Balaban J connectivity index is 2.12. The van der Waals surface area contributed by atoms with E-state index in [0.29, 0.717) is 24.4 Å². The number of aromatic nitrogens is 2. The zero-order valence-electron chi connectivity index (χ0n) is 12.0. The van der Waals surface area contributed by atoms with E-state index >= 15 is 0 Å². The molecule has 0 radical (unpaired) electrons. The van der Waals surface area contributed by atoms with Crippen molar-refractivity contribution >= 4 is 0 Å². The lowest BCUT2D eigenvalue weighted by atomic mass is 9.95. The fourth-order valence-electron chi connectivity index (χ4n) is 2.33. The van der Waals surface area contributed by atoms with Gasteiger partial charge in [-0.15, -0.1) is 0 Å². The highest BCUT2D eigenvalue weighted by atomic mass is 16.5. The lowest BCUT2D eigenvalue weighted by Gasteiger charge is -2.18. The van der Waals surface area contributed by atoms with Crippen molar-refractivity contribution in [2.24, 2.45) is 0 Å². The van der Waals surface area contributed by atoms with Gasteiger partial charge in [0.25, 0.3) is 5.56 Å². The van der Waals surface area contributed by atoms with Gasteiger partial charge in [0.15, 0.2) is 0 Å². The maximum absolute atomic E-state index is 12.3. The Hall–Kier alpha value is -2.10. The molecule has 1 aromatic heterocycles. The molecule has 104 valence electrons. The second-order valence-electron chi connectivity index (χ2n) is 6.16. The van der Waals surface area contributed by atoms with E-state index < -0.39 is 0 Å². The summed E-state index contributed by atoms with van der Waals surface area (Å²) in [6.07, 6.45) is 0.568. The number of hydrogen-bond acceptors (Lipinski definition) is 3. The third-order valence-corrected chi connectivity index (χ3v) is 3.52. The van der Waals surface area contributed by atoms with Crippen LogP contribution in [0, 0.1) is 0 Å². The van der Waals surface area contributed by atoms with Crippen LogP contribution in [0.3, 0.4) is 0 Å². The van der Waals surface area contributed by atoms with Gasteiger partial charge in [0.1, 0.15) is 18.2 Å². The summed E-state index contributed by atoms with van der Waals surface area (Å²) in [5.74, 6) is 1.54. The van der Waals surface area contributed by atoms with Crippen molar-refractivity contribution in [1.29, 1.82) is 0 Å². The highest BCUT2D eigenvalue weighted by Gasteiger charge is 2.23. The van der Waals surface area contributed by atoms with Crippen LogP contribution in [0.25, 0.3) is 0 Å². The highest BCUT2D eigenvalue weighted by molar-refractivity contribution is 5.40. The normalized spacial score (nSPS) is 13.9. The molecule has 1 aliphatic heterocycles. The molecule has 2 heterocycles. The van der Waals surface area contributed by atoms with Crippen molar-refractivity contribution < 1.29 is 4.74 Å². The predicted molar refractivity (Wildman–Crippen MR) is 77.1 cm³/mol.